The average Bonchev–Trinajstić information content (AvgIpc) is 2.97. The molecule has 0 unspecified atom stereocenters. The van der Waals surface area contributed by atoms with Crippen LogP contribution in [0.4, 0.5) is 5.69 Å². The van der Waals surface area contributed by atoms with Crippen LogP contribution < -0.4 is 0 Å². The third-order valence-corrected chi connectivity index (χ3v) is 3.48. The monoisotopic (exact) mass is 308 g/mol. The molecule has 0 N–H and O–H groups in total. The van der Waals surface area contributed by atoms with E-state index in [2.05, 4.69) is 4.99 Å². The molecule has 0 aromatic heterocycles. The van der Waals surface area contributed by atoms with Crippen molar-refractivity contribution < 1.29 is 14.5 Å². The minimum Gasteiger partial charge on any atom is -0.402 e. The lowest BCUT2D eigenvalue weighted by Gasteiger charge is -2.02. The minimum atomic E-state index is -0.528. The van der Waals surface area contributed by atoms with Gasteiger partial charge in [-0.3, -0.25) is 10.1 Å². The highest BCUT2D eigenvalue weighted by Gasteiger charge is 2.26. The van der Waals surface area contributed by atoms with Crippen molar-refractivity contribution in [3.63, 3.8) is 0 Å². The van der Waals surface area contributed by atoms with Gasteiger partial charge in [0.15, 0.2) is 5.70 Å². The third kappa shape index (κ3) is 2.87. The number of ether oxygens (including phenoxy) is 1. The first-order chi connectivity index (χ1) is 11.1. The van der Waals surface area contributed by atoms with Crippen molar-refractivity contribution in [3.8, 4) is 0 Å². The van der Waals surface area contributed by atoms with Crippen LogP contribution in [-0.4, -0.2) is 16.8 Å². The number of hydrogen-bond acceptors (Lipinski definition) is 5. The van der Waals surface area contributed by atoms with Crippen LogP contribution in [0.1, 0.15) is 18.1 Å². The zero-order valence-electron chi connectivity index (χ0n) is 12.2. The molecule has 0 aliphatic carbocycles. The minimum absolute atomic E-state index is 0.00553. The number of non-ortho nitro benzene ring substituents is 1. The second kappa shape index (κ2) is 5.84. The SMILES string of the molecule is C/C(=C1\N=C(c2ccccc2)OC1=O)c1ccc([N+](=O)[O-])cc1. The lowest BCUT2D eigenvalue weighted by molar-refractivity contribution is -0.384. The predicted octanol–water partition coefficient (Wildman–Crippen LogP) is 3.33. The summed E-state index contributed by atoms with van der Waals surface area (Å²) >= 11 is 0. The van der Waals surface area contributed by atoms with E-state index in [1.54, 1.807) is 31.2 Å². The second-order valence-corrected chi connectivity index (χ2v) is 4.95. The van der Waals surface area contributed by atoms with Gasteiger partial charge >= 0.3 is 5.97 Å². The molecule has 2 aromatic carbocycles. The third-order valence-electron chi connectivity index (χ3n) is 3.48. The van der Waals surface area contributed by atoms with E-state index in [1.165, 1.54) is 12.1 Å². The molecule has 0 saturated heterocycles. The van der Waals surface area contributed by atoms with E-state index in [1.807, 2.05) is 18.2 Å². The summed E-state index contributed by atoms with van der Waals surface area (Å²) in [5, 5.41) is 10.7. The molecular weight excluding hydrogens is 296 g/mol. The maximum atomic E-state index is 12.0. The number of nitro groups is 1. The van der Waals surface area contributed by atoms with Crippen molar-refractivity contribution in [1.82, 2.24) is 0 Å². The van der Waals surface area contributed by atoms with E-state index in [0.717, 1.165) is 0 Å². The molecule has 6 heteroatoms. The van der Waals surface area contributed by atoms with Crippen molar-refractivity contribution in [2.45, 2.75) is 6.92 Å². The van der Waals surface area contributed by atoms with Crippen LogP contribution in [0.25, 0.3) is 5.57 Å². The Labute approximate surface area is 131 Å². The topological polar surface area (TPSA) is 81.8 Å². The van der Waals surface area contributed by atoms with Crippen LogP contribution in [0.5, 0.6) is 0 Å². The highest BCUT2D eigenvalue weighted by atomic mass is 16.6. The number of carbonyl (C=O) groups excluding carboxylic acids is 1. The summed E-state index contributed by atoms with van der Waals surface area (Å²) in [6.45, 7) is 1.73. The zero-order valence-corrected chi connectivity index (χ0v) is 12.2. The van der Waals surface area contributed by atoms with Gasteiger partial charge in [-0.25, -0.2) is 9.79 Å². The Bertz CT molecular complexity index is 837. The fourth-order valence-electron chi connectivity index (χ4n) is 2.22. The molecule has 0 bridgehead atoms. The van der Waals surface area contributed by atoms with Crippen LogP contribution in [-0.2, 0) is 9.53 Å². The molecule has 3 rings (SSSR count). The number of carbonyl (C=O) groups is 1. The molecule has 0 amide bonds. The summed E-state index contributed by atoms with van der Waals surface area (Å²) in [5.74, 6) is -0.272. The lowest BCUT2D eigenvalue weighted by atomic mass is 10.1. The molecule has 1 aliphatic rings. The fourth-order valence-corrected chi connectivity index (χ4v) is 2.22. The molecular formula is C17H12N2O4. The lowest BCUT2D eigenvalue weighted by Crippen LogP contribution is -2.05. The Morgan fingerprint density at radius 3 is 2.35 bits per heavy atom. The highest BCUT2D eigenvalue weighted by molar-refractivity contribution is 6.14. The normalized spacial score (nSPS) is 15.9. The summed E-state index contributed by atoms with van der Waals surface area (Å²) in [6, 6.07) is 15.1. The van der Waals surface area contributed by atoms with Gasteiger partial charge in [0, 0.05) is 17.7 Å². The number of aliphatic imine (C=N–C) groups is 1. The molecule has 0 saturated carbocycles. The summed E-state index contributed by atoms with van der Waals surface area (Å²) in [7, 11) is 0. The number of cyclic esters (lactones) is 1. The van der Waals surface area contributed by atoms with Crippen molar-refractivity contribution >= 4 is 23.1 Å². The largest absolute Gasteiger partial charge is 0.402 e. The van der Waals surface area contributed by atoms with Gasteiger partial charge in [-0.1, -0.05) is 18.2 Å². The summed E-state index contributed by atoms with van der Waals surface area (Å²) < 4.78 is 5.21. The van der Waals surface area contributed by atoms with Crippen LogP contribution in [0.3, 0.4) is 0 Å². The van der Waals surface area contributed by atoms with Gasteiger partial charge in [0.1, 0.15) is 0 Å². The standard InChI is InChI=1S/C17H12N2O4/c1-11(12-7-9-14(10-8-12)19(21)22)15-17(20)23-16(18-15)13-5-3-2-4-6-13/h2-10H,1H3/b15-11+. The Balaban J connectivity index is 1.98. The predicted molar refractivity (Wildman–Crippen MR) is 84.8 cm³/mol. The van der Waals surface area contributed by atoms with Gasteiger partial charge in [0.2, 0.25) is 5.90 Å². The summed E-state index contributed by atoms with van der Waals surface area (Å²) in [4.78, 5) is 26.5. The maximum Gasteiger partial charge on any atom is 0.364 e. The number of rotatable bonds is 3. The molecule has 1 heterocycles. The summed E-state index contributed by atoms with van der Waals surface area (Å²) in [6.07, 6.45) is 0. The highest BCUT2D eigenvalue weighted by Crippen LogP contribution is 2.26. The Kier molecular flexibility index (Phi) is 3.72. The number of allylic oxidation sites excluding steroid dienone is 1. The molecule has 0 radical (unpaired) electrons. The second-order valence-electron chi connectivity index (χ2n) is 4.95. The van der Waals surface area contributed by atoms with Gasteiger partial charge in [-0.2, -0.15) is 0 Å². The zero-order chi connectivity index (χ0) is 16.4. The quantitative estimate of drug-likeness (QED) is 0.377. The Morgan fingerprint density at radius 1 is 1.09 bits per heavy atom. The van der Waals surface area contributed by atoms with E-state index in [0.29, 0.717) is 16.7 Å². The number of nitro benzene ring substituents is 1. The molecule has 0 spiro atoms. The number of esters is 1. The number of benzene rings is 2. The molecule has 23 heavy (non-hydrogen) atoms. The molecule has 0 fully saturated rings. The van der Waals surface area contributed by atoms with Crippen molar-refractivity contribution in [1.29, 1.82) is 0 Å². The van der Waals surface area contributed by atoms with E-state index in [9.17, 15) is 14.9 Å². The van der Waals surface area contributed by atoms with Gasteiger partial charge in [-0.15, -0.1) is 0 Å². The van der Waals surface area contributed by atoms with Crippen molar-refractivity contribution in [2.75, 3.05) is 0 Å². The molecule has 6 nitrogen and oxygen atoms in total. The van der Waals surface area contributed by atoms with Gasteiger partial charge in [-0.05, 0) is 42.3 Å². The van der Waals surface area contributed by atoms with Gasteiger partial charge in [0.25, 0.3) is 5.69 Å². The molecule has 114 valence electrons. The first-order valence-corrected chi connectivity index (χ1v) is 6.88. The van der Waals surface area contributed by atoms with E-state index < -0.39 is 10.9 Å². The van der Waals surface area contributed by atoms with Crippen molar-refractivity contribution in [3.05, 3.63) is 81.5 Å². The first-order valence-electron chi connectivity index (χ1n) is 6.88. The maximum absolute atomic E-state index is 12.0. The fraction of sp³-hybridized carbons (Fsp3) is 0.0588. The van der Waals surface area contributed by atoms with E-state index >= 15 is 0 Å². The Morgan fingerprint density at radius 2 is 1.74 bits per heavy atom. The summed E-state index contributed by atoms with van der Waals surface area (Å²) in [5.41, 5.74) is 2.20. The number of nitrogens with zero attached hydrogens (tertiary/aromatic N) is 2. The number of hydrogen-bond donors (Lipinski definition) is 0. The van der Waals surface area contributed by atoms with Gasteiger partial charge in [0.05, 0.1) is 4.92 Å². The van der Waals surface area contributed by atoms with Crippen LogP contribution >= 0.6 is 0 Å². The van der Waals surface area contributed by atoms with Crippen LogP contribution in [0.15, 0.2) is 65.3 Å². The van der Waals surface area contributed by atoms with Crippen LogP contribution in [0, 0.1) is 10.1 Å². The molecule has 0 atom stereocenters. The average molecular weight is 308 g/mol. The molecule has 1 aliphatic heterocycles. The van der Waals surface area contributed by atoms with E-state index in [-0.39, 0.29) is 17.3 Å². The van der Waals surface area contributed by atoms with Crippen molar-refractivity contribution in [2.24, 2.45) is 4.99 Å². The van der Waals surface area contributed by atoms with E-state index in [4.69, 9.17) is 4.74 Å². The van der Waals surface area contributed by atoms with Crippen LogP contribution in [0.2, 0.25) is 0 Å². The molecule has 2 aromatic rings. The Hall–Kier alpha value is -3.28. The smallest absolute Gasteiger partial charge is 0.364 e. The first kappa shape index (κ1) is 14.6. The van der Waals surface area contributed by atoms with Gasteiger partial charge < -0.3 is 4.74 Å².